The van der Waals surface area contributed by atoms with E-state index in [2.05, 4.69) is 22.9 Å². The van der Waals surface area contributed by atoms with Crippen LogP contribution in [-0.2, 0) is 4.79 Å². The molecule has 3 rings (SSSR count). The van der Waals surface area contributed by atoms with Crippen LogP contribution < -0.4 is 5.32 Å². The molecule has 88 valence electrons. The molecule has 2 aromatic rings. The van der Waals surface area contributed by atoms with E-state index in [-0.39, 0.29) is 5.91 Å². The normalized spacial score (nSPS) is 15.6. The van der Waals surface area contributed by atoms with Crippen LogP contribution in [0.3, 0.4) is 0 Å². The van der Waals surface area contributed by atoms with Crippen molar-refractivity contribution in [2.45, 2.75) is 4.90 Å². The fourth-order valence-electron chi connectivity index (χ4n) is 1.89. The third-order valence-corrected chi connectivity index (χ3v) is 3.14. The number of fused-ring (bicyclic) bond motifs is 1. The van der Waals surface area contributed by atoms with Gasteiger partial charge in [0.1, 0.15) is 5.71 Å². The van der Waals surface area contributed by atoms with Crippen molar-refractivity contribution in [2.75, 3.05) is 5.32 Å². The highest BCUT2D eigenvalue weighted by Gasteiger charge is 2.25. The van der Waals surface area contributed by atoms with Gasteiger partial charge in [0.15, 0.2) is 0 Å². The number of hydrogen-bond acceptors (Lipinski definition) is 3. The Morgan fingerprint density at radius 3 is 2.56 bits per heavy atom. The van der Waals surface area contributed by atoms with Crippen LogP contribution >= 0.6 is 12.6 Å². The lowest BCUT2D eigenvalue weighted by Crippen LogP contribution is -2.13. The van der Waals surface area contributed by atoms with Gasteiger partial charge in [0.05, 0.1) is 11.4 Å². The number of nitrogens with one attached hydrogen (secondary N) is 1. The lowest BCUT2D eigenvalue weighted by Gasteiger charge is -2.00. The third-order valence-electron chi connectivity index (χ3n) is 2.76. The molecule has 1 N–H and O–H groups in total. The molecule has 0 atom stereocenters. The molecule has 18 heavy (non-hydrogen) atoms. The fourth-order valence-corrected chi connectivity index (χ4v) is 2.10. The maximum absolute atomic E-state index is 11.9. The zero-order valence-electron chi connectivity index (χ0n) is 9.42. The SMILES string of the molecule is O=C1Nc2ccccc2C1=Nc1ccccc1S. The summed E-state index contributed by atoms with van der Waals surface area (Å²) >= 11 is 4.33. The first-order valence-electron chi connectivity index (χ1n) is 5.53. The number of anilines is 1. The second-order valence-corrected chi connectivity index (χ2v) is 4.43. The zero-order chi connectivity index (χ0) is 12.5. The molecule has 0 aromatic heterocycles. The van der Waals surface area contributed by atoms with Crippen molar-refractivity contribution in [3.05, 3.63) is 54.1 Å². The molecule has 1 aliphatic rings. The van der Waals surface area contributed by atoms with E-state index in [1.54, 1.807) is 0 Å². The number of para-hydroxylation sites is 2. The van der Waals surface area contributed by atoms with Crippen LogP contribution in [0, 0.1) is 0 Å². The third kappa shape index (κ3) is 1.80. The highest BCUT2D eigenvalue weighted by Crippen LogP contribution is 2.28. The Balaban J connectivity index is 2.13. The topological polar surface area (TPSA) is 41.5 Å². The molecule has 1 heterocycles. The molecular weight excluding hydrogens is 244 g/mol. The quantitative estimate of drug-likeness (QED) is 0.755. The van der Waals surface area contributed by atoms with E-state index in [4.69, 9.17) is 0 Å². The monoisotopic (exact) mass is 254 g/mol. The van der Waals surface area contributed by atoms with Crippen LogP contribution in [0.2, 0.25) is 0 Å². The van der Waals surface area contributed by atoms with Gasteiger partial charge in [0.25, 0.3) is 5.91 Å². The number of aliphatic imine (C=N–C) groups is 1. The van der Waals surface area contributed by atoms with Gasteiger partial charge in [-0.25, -0.2) is 4.99 Å². The number of nitrogens with zero attached hydrogens (tertiary/aromatic N) is 1. The average molecular weight is 254 g/mol. The van der Waals surface area contributed by atoms with Crippen LogP contribution in [0.1, 0.15) is 5.56 Å². The van der Waals surface area contributed by atoms with Crippen molar-refractivity contribution < 1.29 is 4.79 Å². The molecular formula is C14H10N2OS. The smallest absolute Gasteiger partial charge is 0.275 e. The molecule has 2 aromatic carbocycles. The Labute approximate surface area is 110 Å². The molecule has 0 bridgehead atoms. The minimum atomic E-state index is -0.173. The first-order chi connectivity index (χ1) is 8.75. The molecule has 1 aliphatic heterocycles. The lowest BCUT2D eigenvalue weighted by molar-refractivity contribution is -0.110. The molecule has 0 radical (unpaired) electrons. The second kappa shape index (κ2) is 4.31. The Kier molecular flexibility index (Phi) is 2.64. The number of hydrogen-bond donors (Lipinski definition) is 2. The van der Waals surface area contributed by atoms with Crippen molar-refractivity contribution in [3.8, 4) is 0 Å². The minimum absolute atomic E-state index is 0.173. The van der Waals surface area contributed by atoms with Crippen molar-refractivity contribution in [1.82, 2.24) is 0 Å². The number of rotatable bonds is 1. The standard InChI is InChI=1S/C14H10N2OS/c17-14-13(9-5-1-2-6-10(9)16-14)15-11-7-3-4-8-12(11)18/h1-8,18H,(H,15,16,17). The van der Waals surface area contributed by atoms with Crippen LogP contribution in [-0.4, -0.2) is 11.6 Å². The van der Waals surface area contributed by atoms with Gasteiger partial charge in [-0.1, -0.05) is 30.3 Å². The summed E-state index contributed by atoms with van der Waals surface area (Å²) in [4.78, 5) is 17.0. The van der Waals surface area contributed by atoms with E-state index in [0.29, 0.717) is 11.4 Å². The first kappa shape index (κ1) is 11.0. The Bertz CT molecular complexity index is 664. The summed E-state index contributed by atoms with van der Waals surface area (Å²) in [5.74, 6) is -0.173. The van der Waals surface area contributed by atoms with E-state index in [9.17, 15) is 4.79 Å². The van der Waals surface area contributed by atoms with Gasteiger partial charge in [-0.2, -0.15) is 0 Å². The molecule has 3 nitrogen and oxygen atoms in total. The van der Waals surface area contributed by atoms with Gasteiger partial charge in [-0.3, -0.25) is 4.79 Å². The van der Waals surface area contributed by atoms with Crippen molar-refractivity contribution >= 4 is 35.6 Å². The molecule has 0 spiro atoms. The maximum atomic E-state index is 11.9. The summed E-state index contributed by atoms with van der Waals surface area (Å²) in [6.07, 6.45) is 0. The highest BCUT2D eigenvalue weighted by molar-refractivity contribution is 7.80. The number of amides is 1. The van der Waals surface area contributed by atoms with E-state index >= 15 is 0 Å². The van der Waals surface area contributed by atoms with E-state index in [0.717, 1.165) is 16.1 Å². The van der Waals surface area contributed by atoms with Gasteiger partial charge in [-0.15, -0.1) is 12.6 Å². The number of thiol groups is 1. The maximum Gasteiger partial charge on any atom is 0.275 e. The van der Waals surface area contributed by atoms with Gasteiger partial charge in [0.2, 0.25) is 0 Å². The first-order valence-corrected chi connectivity index (χ1v) is 5.98. The van der Waals surface area contributed by atoms with Gasteiger partial charge < -0.3 is 5.32 Å². The van der Waals surface area contributed by atoms with Crippen molar-refractivity contribution in [1.29, 1.82) is 0 Å². The Morgan fingerprint density at radius 1 is 1.00 bits per heavy atom. The number of carbonyl (C=O) groups is 1. The molecule has 0 saturated carbocycles. The predicted octanol–water partition coefficient (Wildman–Crippen LogP) is 3.05. The van der Waals surface area contributed by atoms with Gasteiger partial charge in [0, 0.05) is 10.5 Å². The number of benzene rings is 2. The van der Waals surface area contributed by atoms with Crippen LogP contribution in [0.4, 0.5) is 11.4 Å². The summed E-state index contributed by atoms with van der Waals surface area (Å²) in [5, 5.41) is 2.79. The average Bonchev–Trinajstić information content (AvgIpc) is 2.69. The minimum Gasteiger partial charge on any atom is -0.320 e. The highest BCUT2D eigenvalue weighted by atomic mass is 32.1. The summed E-state index contributed by atoms with van der Waals surface area (Å²) in [5.41, 5.74) is 2.77. The molecule has 1 amide bonds. The largest absolute Gasteiger partial charge is 0.320 e. The summed E-state index contributed by atoms with van der Waals surface area (Å²) in [7, 11) is 0. The Hall–Kier alpha value is -2.07. The molecule has 0 unspecified atom stereocenters. The molecule has 0 aliphatic carbocycles. The predicted molar refractivity (Wildman–Crippen MR) is 75.0 cm³/mol. The zero-order valence-corrected chi connectivity index (χ0v) is 10.3. The second-order valence-electron chi connectivity index (χ2n) is 3.95. The molecule has 0 saturated heterocycles. The van der Waals surface area contributed by atoms with Crippen LogP contribution in [0.5, 0.6) is 0 Å². The van der Waals surface area contributed by atoms with Crippen molar-refractivity contribution in [3.63, 3.8) is 0 Å². The fraction of sp³-hybridized carbons (Fsp3) is 0. The van der Waals surface area contributed by atoms with Crippen LogP contribution in [0.25, 0.3) is 0 Å². The summed E-state index contributed by atoms with van der Waals surface area (Å²) < 4.78 is 0. The summed E-state index contributed by atoms with van der Waals surface area (Å²) in [6.45, 7) is 0. The van der Waals surface area contributed by atoms with Crippen LogP contribution in [0.15, 0.2) is 58.4 Å². The summed E-state index contributed by atoms with van der Waals surface area (Å²) in [6, 6.07) is 15.0. The van der Waals surface area contributed by atoms with Gasteiger partial charge >= 0.3 is 0 Å². The van der Waals surface area contributed by atoms with Gasteiger partial charge in [-0.05, 0) is 18.2 Å². The van der Waals surface area contributed by atoms with E-state index in [1.807, 2.05) is 48.5 Å². The number of carbonyl (C=O) groups excluding carboxylic acids is 1. The Morgan fingerprint density at radius 2 is 1.72 bits per heavy atom. The van der Waals surface area contributed by atoms with E-state index in [1.165, 1.54) is 0 Å². The molecule has 0 fully saturated rings. The van der Waals surface area contributed by atoms with Crippen molar-refractivity contribution in [2.24, 2.45) is 4.99 Å². The lowest BCUT2D eigenvalue weighted by atomic mass is 10.1. The van der Waals surface area contributed by atoms with E-state index < -0.39 is 0 Å². The molecule has 4 heteroatoms.